The Balaban J connectivity index is 2.02. The second kappa shape index (κ2) is 10.2. The van der Waals surface area contributed by atoms with Crippen molar-refractivity contribution in [2.75, 3.05) is 26.0 Å². The molecule has 0 aliphatic heterocycles. The molecular weight excluding hydrogens is 389 g/mol. The van der Waals surface area contributed by atoms with Crippen molar-refractivity contribution in [1.29, 1.82) is 0 Å². The number of hydrogen-bond acceptors (Lipinski definition) is 4. The zero-order valence-electron chi connectivity index (χ0n) is 15.7. The molecule has 0 fully saturated rings. The van der Waals surface area contributed by atoms with Gasteiger partial charge in [-0.2, -0.15) is 8.78 Å². The van der Waals surface area contributed by atoms with Crippen LogP contribution >= 0.6 is 0 Å². The van der Waals surface area contributed by atoms with Crippen LogP contribution in [0.15, 0.2) is 48.5 Å². The summed E-state index contributed by atoms with van der Waals surface area (Å²) in [6.45, 7) is -3.33. The van der Waals surface area contributed by atoms with E-state index in [2.05, 4.69) is 10.1 Å². The highest BCUT2D eigenvalue weighted by Crippen LogP contribution is 2.33. The molecule has 9 heteroatoms. The second-order valence-electron chi connectivity index (χ2n) is 5.84. The number of amides is 2. The average molecular weight is 408 g/mol. The van der Waals surface area contributed by atoms with E-state index >= 15 is 0 Å². The van der Waals surface area contributed by atoms with Crippen molar-refractivity contribution in [2.24, 2.45) is 0 Å². The van der Waals surface area contributed by atoms with Crippen LogP contribution in [0.3, 0.4) is 0 Å². The van der Waals surface area contributed by atoms with Crippen molar-refractivity contribution in [2.45, 2.75) is 6.61 Å². The number of anilines is 1. The van der Waals surface area contributed by atoms with Gasteiger partial charge in [-0.1, -0.05) is 12.1 Å². The summed E-state index contributed by atoms with van der Waals surface area (Å²) in [4.78, 5) is 25.4. The van der Waals surface area contributed by atoms with Gasteiger partial charge in [-0.15, -0.1) is 0 Å². The Morgan fingerprint density at radius 2 is 1.86 bits per heavy atom. The van der Waals surface area contributed by atoms with E-state index in [1.165, 1.54) is 56.6 Å². The van der Waals surface area contributed by atoms with Gasteiger partial charge in [-0.25, -0.2) is 4.39 Å². The van der Waals surface area contributed by atoms with E-state index in [-0.39, 0.29) is 23.6 Å². The molecule has 0 aliphatic rings. The topological polar surface area (TPSA) is 67.9 Å². The molecule has 0 heterocycles. The first-order valence-electron chi connectivity index (χ1n) is 8.40. The third kappa shape index (κ3) is 6.56. The lowest BCUT2D eigenvalue weighted by Crippen LogP contribution is -2.33. The third-order valence-electron chi connectivity index (χ3n) is 3.73. The maximum atomic E-state index is 12.9. The van der Waals surface area contributed by atoms with Crippen LogP contribution in [0.4, 0.5) is 18.9 Å². The molecule has 2 amide bonds. The highest BCUT2D eigenvalue weighted by Gasteiger charge is 2.15. The van der Waals surface area contributed by atoms with E-state index in [1.54, 1.807) is 6.07 Å². The van der Waals surface area contributed by atoms with E-state index in [0.717, 1.165) is 11.0 Å². The van der Waals surface area contributed by atoms with Crippen molar-refractivity contribution in [1.82, 2.24) is 4.90 Å². The van der Waals surface area contributed by atoms with Crippen LogP contribution in [-0.4, -0.2) is 44.0 Å². The molecule has 154 valence electrons. The number of alkyl halides is 2. The largest absolute Gasteiger partial charge is 0.493 e. The van der Waals surface area contributed by atoms with Gasteiger partial charge < -0.3 is 19.7 Å². The Bertz CT molecular complexity index is 886. The number of halogens is 3. The van der Waals surface area contributed by atoms with Crippen LogP contribution < -0.4 is 14.8 Å². The van der Waals surface area contributed by atoms with Crippen LogP contribution in [0.2, 0.25) is 0 Å². The van der Waals surface area contributed by atoms with Gasteiger partial charge in [0.25, 0.3) is 0 Å². The van der Waals surface area contributed by atoms with E-state index in [9.17, 15) is 22.8 Å². The van der Waals surface area contributed by atoms with Crippen molar-refractivity contribution >= 4 is 23.6 Å². The zero-order valence-corrected chi connectivity index (χ0v) is 15.7. The van der Waals surface area contributed by atoms with Crippen LogP contribution in [0.25, 0.3) is 6.08 Å². The maximum Gasteiger partial charge on any atom is 0.387 e. The van der Waals surface area contributed by atoms with E-state index in [1.807, 2.05) is 0 Å². The van der Waals surface area contributed by atoms with Gasteiger partial charge in [0.15, 0.2) is 11.5 Å². The number of hydrogen-bond donors (Lipinski definition) is 1. The summed E-state index contributed by atoms with van der Waals surface area (Å²) in [5.74, 6) is -1.57. The molecule has 1 N–H and O–H groups in total. The number of ether oxygens (including phenoxy) is 2. The van der Waals surface area contributed by atoms with Gasteiger partial charge in [0.2, 0.25) is 11.8 Å². The van der Waals surface area contributed by atoms with Gasteiger partial charge in [0.1, 0.15) is 5.82 Å². The summed E-state index contributed by atoms with van der Waals surface area (Å²) >= 11 is 0. The number of nitrogens with one attached hydrogen (secondary N) is 1. The minimum atomic E-state index is -3.06. The minimum absolute atomic E-state index is 0.0897. The maximum absolute atomic E-state index is 12.9. The average Bonchev–Trinajstić information content (AvgIpc) is 2.68. The molecular formula is C20H19F3N2O4. The number of likely N-dealkylation sites (N-methyl/N-ethyl adjacent to an activating group) is 1. The Morgan fingerprint density at radius 1 is 1.17 bits per heavy atom. The summed E-state index contributed by atoms with van der Waals surface area (Å²) in [5.41, 5.74) is 0.597. The first-order chi connectivity index (χ1) is 13.8. The fourth-order valence-corrected chi connectivity index (χ4v) is 2.36. The summed E-state index contributed by atoms with van der Waals surface area (Å²) in [6.07, 6.45) is 2.41. The SMILES string of the molecule is COc1cccc(/C=C/C(=O)N(C)CC(=O)Nc2ccc(F)cc2)c1OC(F)F. The van der Waals surface area contributed by atoms with Gasteiger partial charge in [-0.3, -0.25) is 9.59 Å². The number of nitrogens with zero attached hydrogens (tertiary/aromatic N) is 1. The van der Waals surface area contributed by atoms with Crippen molar-refractivity contribution < 1.29 is 32.2 Å². The first-order valence-corrected chi connectivity index (χ1v) is 8.40. The molecule has 0 atom stereocenters. The van der Waals surface area contributed by atoms with Crippen molar-refractivity contribution in [3.05, 3.63) is 59.9 Å². The summed E-state index contributed by atoms with van der Waals surface area (Å²) in [5, 5.41) is 2.53. The third-order valence-corrected chi connectivity index (χ3v) is 3.73. The molecule has 6 nitrogen and oxygen atoms in total. The smallest absolute Gasteiger partial charge is 0.387 e. The lowest BCUT2D eigenvalue weighted by Gasteiger charge is -2.15. The Hall–Kier alpha value is -3.49. The predicted molar refractivity (Wildman–Crippen MR) is 101 cm³/mol. The lowest BCUT2D eigenvalue weighted by molar-refractivity contribution is -0.129. The normalized spacial score (nSPS) is 10.8. The number of benzene rings is 2. The number of carbonyl (C=O) groups excluding carboxylic acids is 2. The van der Waals surface area contributed by atoms with Gasteiger partial charge in [0.05, 0.1) is 13.7 Å². The highest BCUT2D eigenvalue weighted by atomic mass is 19.3. The molecule has 0 aliphatic carbocycles. The molecule has 2 aromatic rings. The number of carbonyl (C=O) groups is 2. The molecule has 2 rings (SSSR count). The van der Waals surface area contributed by atoms with E-state index in [4.69, 9.17) is 4.74 Å². The van der Waals surface area contributed by atoms with Crippen molar-refractivity contribution in [3.8, 4) is 11.5 Å². The van der Waals surface area contributed by atoms with Gasteiger partial charge >= 0.3 is 6.61 Å². The van der Waals surface area contributed by atoms with Gasteiger partial charge in [-0.05, 0) is 36.4 Å². The standard InChI is InChI=1S/C20H19F3N2O4/c1-25(12-17(26)24-15-9-7-14(21)8-10-15)18(27)11-6-13-4-3-5-16(28-2)19(13)29-20(22)23/h3-11,20H,12H2,1-2H3,(H,24,26)/b11-6+. The van der Waals surface area contributed by atoms with E-state index in [0.29, 0.717) is 5.69 Å². The fourth-order valence-electron chi connectivity index (χ4n) is 2.36. The summed E-state index contributed by atoms with van der Waals surface area (Å²) < 4.78 is 47.6. The molecule has 0 bridgehead atoms. The summed E-state index contributed by atoms with van der Waals surface area (Å²) in [7, 11) is 2.71. The fraction of sp³-hybridized carbons (Fsp3) is 0.200. The highest BCUT2D eigenvalue weighted by molar-refractivity contribution is 5.98. The molecule has 29 heavy (non-hydrogen) atoms. The Morgan fingerprint density at radius 3 is 2.48 bits per heavy atom. The predicted octanol–water partition coefficient (Wildman–Crippen LogP) is 3.55. The second-order valence-corrected chi connectivity index (χ2v) is 5.84. The monoisotopic (exact) mass is 408 g/mol. The van der Waals surface area contributed by atoms with Crippen LogP contribution in [0, 0.1) is 5.82 Å². The Kier molecular flexibility index (Phi) is 7.64. The minimum Gasteiger partial charge on any atom is -0.493 e. The van der Waals surface area contributed by atoms with E-state index < -0.39 is 24.2 Å². The molecule has 0 unspecified atom stereocenters. The van der Waals surface area contributed by atoms with Gasteiger partial charge in [0, 0.05) is 24.4 Å². The number of para-hydroxylation sites is 1. The van der Waals surface area contributed by atoms with Crippen LogP contribution in [0.5, 0.6) is 11.5 Å². The summed E-state index contributed by atoms with van der Waals surface area (Å²) in [6, 6.07) is 9.65. The number of methoxy groups -OCH3 is 1. The Labute approximate surface area is 165 Å². The lowest BCUT2D eigenvalue weighted by atomic mass is 10.1. The van der Waals surface area contributed by atoms with Crippen LogP contribution in [0.1, 0.15) is 5.56 Å². The molecule has 0 saturated carbocycles. The quantitative estimate of drug-likeness (QED) is 0.679. The zero-order chi connectivity index (χ0) is 21.4. The van der Waals surface area contributed by atoms with Crippen LogP contribution in [-0.2, 0) is 9.59 Å². The first kappa shape index (κ1) is 21.8. The molecule has 0 saturated heterocycles. The molecule has 0 spiro atoms. The van der Waals surface area contributed by atoms with Crippen molar-refractivity contribution in [3.63, 3.8) is 0 Å². The molecule has 0 radical (unpaired) electrons. The molecule has 0 aromatic heterocycles. The number of rotatable bonds is 8. The molecule has 2 aromatic carbocycles.